The number of amides is 1. The molecule has 0 saturated carbocycles. The standard InChI is InChI=1S/C22H19FN2O2/c23-16-9-10-19-18(12-16)20(15-6-2-1-3-7-15)21(25-19)22(27)24-13-14-5-4-8-17(26)11-14/h1-12,20-21,25-26H,13H2,(H,24,27). The molecule has 4 nitrogen and oxygen atoms in total. The van der Waals surface area contributed by atoms with Crippen LogP contribution in [-0.4, -0.2) is 17.1 Å². The molecule has 0 aliphatic carbocycles. The van der Waals surface area contributed by atoms with Gasteiger partial charge in [-0.25, -0.2) is 4.39 Å². The summed E-state index contributed by atoms with van der Waals surface area (Å²) < 4.78 is 13.8. The van der Waals surface area contributed by atoms with Crippen molar-refractivity contribution in [2.75, 3.05) is 5.32 Å². The molecule has 0 radical (unpaired) electrons. The van der Waals surface area contributed by atoms with Crippen LogP contribution >= 0.6 is 0 Å². The zero-order valence-electron chi connectivity index (χ0n) is 14.5. The summed E-state index contributed by atoms with van der Waals surface area (Å²) in [4.78, 5) is 12.9. The molecule has 5 heteroatoms. The number of aromatic hydroxyl groups is 1. The summed E-state index contributed by atoms with van der Waals surface area (Å²) in [6.45, 7) is 0.303. The van der Waals surface area contributed by atoms with Crippen molar-refractivity contribution in [2.45, 2.75) is 18.5 Å². The first kappa shape index (κ1) is 17.1. The molecule has 2 atom stereocenters. The number of hydrogen-bond acceptors (Lipinski definition) is 3. The largest absolute Gasteiger partial charge is 0.508 e. The molecule has 1 aliphatic rings. The number of nitrogens with one attached hydrogen (secondary N) is 2. The van der Waals surface area contributed by atoms with Gasteiger partial charge >= 0.3 is 0 Å². The van der Waals surface area contributed by atoms with E-state index in [0.717, 1.165) is 22.4 Å². The molecule has 0 bridgehead atoms. The Balaban J connectivity index is 1.60. The number of hydrogen-bond donors (Lipinski definition) is 3. The third-order valence-corrected chi connectivity index (χ3v) is 4.81. The number of halogens is 1. The van der Waals surface area contributed by atoms with Gasteiger partial charge in [0.15, 0.2) is 0 Å². The first-order chi connectivity index (χ1) is 13.1. The third-order valence-electron chi connectivity index (χ3n) is 4.81. The van der Waals surface area contributed by atoms with Gasteiger partial charge in [-0.15, -0.1) is 0 Å². The van der Waals surface area contributed by atoms with E-state index in [2.05, 4.69) is 10.6 Å². The number of phenolic OH excluding ortho intramolecular Hbond substituents is 1. The molecule has 0 aromatic heterocycles. The molecule has 1 aliphatic heterocycles. The number of rotatable bonds is 4. The lowest BCUT2D eigenvalue weighted by Crippen LogP contribution is -2.40. The minimum Gasteiger partial charge on any atom is -0.508 e. The van der Waals surface area contributed by atoms with Gasteiger partial charge in [0.1, 0.15) is 17.6 Å². The molecule has 4 rings (SSSR count). The van der Waals surface area contributed by atoms with Crippen molar-refractivity contribution in [3.63, 3.8) is 0 Å². The Morgan fingerprint density at radius 2 is 1.85 bits per heavy atom. The first-order valence-corrected chi connectivity index (χ1v) is 8.78. The van der Waals surface area contributed by atoms with Crippen LogP contribution in [0.4, 0.5) is 10.1 Å². The third kappa shape index (κ3) is 3.49. The Kier molecular flexibility index (Phi) is 4.50. The molecule has 1 amide bonds. The van der Waals surface area contributed by atoms with Crippen LogP contribution < -0.4 is 10.6 Å². The highest BCUT2D eigenvalue weighted by molar-refractivity contribution is 5.89. The first-order valence-electron chi connectivity index (χ1n) is 8.78. The number of fused-ring (bicyclic) bond motifs is 1. The Morgan fingerprint density at radius 3 is 2.63 bits per heavy atom. The van der Waals surface area contributed by atoms with Crippen LogP contribution in [0.3, 0.4) is 0 Å². The number of carbonyl (C=O) groups excluding carboxylic acids is 1. The summed E-state index contributed by atoms with van der Waals surface area (Å²) in [5.41, 5.74) is 3.30. The van der Waals surface area contributed by atoms with Gasteiger partial charge in [-0.3, -0.25) is 4.79 Å². The van der Waals surface area contributed by atoms with Crippen molar-refractivity contribution in [1.82, 2.24) is 5.32 Å². The van der Waals surface area contributed by atoms with Crippen molar-refractivity contribution in [3.8, 4) is 5.75 Å². The summed E-state index contributed by atoms with van der Waals surface area (Å²) in [5.74, 6) is -0.618. The smallest absolute Gasteiger partial charge is 0.243 e. The second-order valence-corrected chi connectivity index (χ2v) is 6.63. The Labute approximate surface area is 156 Å². The zero-order valence-corrected chi connectivity index (χ0v) is 14.5. The van der Waals surface area contributed by atoms with Gasteiger partial charge in [0.05, 0.1) is 0 Å². The van der Waals surface area contributed by atoms with E-state index in [1.54, 1.807) is 24.3 Å². The highest BCUT2D eigenvalue weighted by Crippen LogP contribution is 2.40. The number of phenols is 1. The topological polar surface area (TPSA) is 61.4 Å². The maximum Gasteiger partial charge on any atom is 0.243 e. The van der Waals surface area contributed by atoms with Gasteiger partial charge in [0.2, 0.25) is 5.91 Å². The van der Waals surface area contributed by atoms with Gasteiger partial charge in [0.25, 0.3) is 0 Å². The Morgan fingerprint density at radius 1 is 1.04 bits per heavy atom. The lowest BCUT2D eigenvalue weighted by Gasteiger charge is -2.20. The van der Waals surface area contributed by atoms with Crippen LogP contribution in [0.25, 0.3) is 0 Å². The maximum absolute atomic E-state index is 13.8. The van der Waals surface area contributed by atoms with Crippen molar-refractivity contribution in [2.24, 2.45) is 0 Å². The zero-order chi connectivity index (χ0) is 18.8. The molecule has 2 unspecified atom stereocenters. The number of anilines is 1. The Bertz CT molecular complexity index is 975. The molecule has 0 fully saturated rings. The van der Waals surface area contributed by atoms with E-state index in [0.29, 0.717) is 6.54 Å². The molecule has 3 N–H and O–H groups in total. The van der Waals surface area contributed by atoms with Crippen LogP contribution in [0.15, 0.2) is 72.8 Å². The van der Waals surface area contributed by atoms with Crippen LogP contribution in [0.5, 0.6) is 5.75 Å². The number of benzene rings is 3. The second kappa shape index (κ2) is 7.11. The highest BCUT2D eigenvalue weighted by Gasteiger charge is 2.38. The molecule has 3 aromatic rings. The van der Waals surface area contributed by atoms with E-state index in [-0.39, 0.29) is 23.4 Å². The van der Waals surface area contributed by atoms with Crippen molar-refractivity contribution >= 4 is 11.6 Å². The summed E-state index contributed by atoms with van der Waals surface area (Å²) in [5, 5.41) is 15.7. The molecule has 1 heterocycles. The molecule has 3 aromatic carbocycles. The van der Waals surface area contributed by atoms with E-state index in [1.807, 2.05) is 36.4 Å². The van der Waals surface area contributed by atoms with Crippen molar-refractivity contribution in [1.29, 1.82) is 0 Å². The second-order valence-electron chi connectivity index (χ2n) is 6.63. The van der Waals surface area contributed by atoms with E-state index in [9.17, 15) is 14.3 Å². The highest BCUT2D eigenvalue weighted by atomic mass is 19.1. The molecule has 27 heavy (non-hydrogen) atoms. The van der Waals surface area contributed by atoms with Crippen molar-refractivity contribution in [3.05, 3.63) is 95.3 Å². The van der Waals surface area contributed by atoms with Gasteiger partial charge in [0, 0.05) is 18.2 Å². The summed E-state index contributed by atoms with van der Waals surface area (Å²) >= 11 is 0. The predicted molar refractivity (Wildman–Crippen MR) is 102 cm³/mol. The summed E-state index contributed by atoms with van der Waals surface area (Å²) in [6.07, 6.45) is 0. The minimum absolute atomic E-state index is 0.158. The minimum atomic E-state index is -0.540. The number of carbonyl (C=O) groups is 1. The summed E-state index contributed by atoms with van der Waals surface area (Å²) in [7, 11) is 0. The van der Waals surface area contributed by atoms with Gasteiger partial charge in [-0.1, -0.05) is 42.5 Å². The van der Waals surface area contributed by atoms with Crippen molar-refractivity contribution < 1.29 is 14.3 Å². The van der Waals surface area contributed by atoms with Gasteiger partial charge in [-0.2, -0.15) is 0 Å². The fourth-order valence-electron chi connectivity index (χ4n) is 3.57. The maximum atomic E-state index is 13.8. The lowest BCUT2D eigenvalue weighted by molar-refractivity contribution is -0.122. The van der Waals surface area contributed by atoms with Crippen LogP contribution in [0.1, 0.15) is 22.6 Å². The fourth-order valence-corrected chi connectivity index (χ4v) is 3.57. The molecular formula is C22H19FN2O2. The predicted octanol–water partition coefficient (Wildman–Crippen LogP) is 3.77. The quantitative estimate of drug-likeness (QED) is 0.662. The van der Waals surface area contributed by atoms with E-state index in [1.165, 1.54) is 12.1 Å². The van der Waals surface area contributed by atoms with E-state index < -0.39 is 6.04 Å². The lowest BCUT2D eigenvalue weighted by atomic mass is 9.87. The Hall–Kier alpha value is -3.34. The van der Waals surface area contributed by atoms with Gasteiger partial charge in [-0.05, 0) is 47.0 Å². The molecule has 0 spiro atoms. The average molecular weight is 362 g/mol. The van der Waals surface area contributed by atoms with E-state index >= 15 is 0 Å². The fraction of sp³-hybridized carbons (Fsp3) is 0.136. The van der Waals surface area contributed by atoms with Gasteiger partial charge < -0.3 is 15.7 Å². The van der Waals surface area contributed by atoms with E-state index in [4.69, 9.17) is 0 Å². The summed E-state index contributed by atoms with van der Waals surface area (Å²) in [6, 6.07) is 20.4. The molecule has 136 valence electrons. The average Bonchev–Trinajstić information content (AvgIpc) is 3.05. The molecule has 0 saturated heterocycles. The monoisotopic (exact) mass is 362 g/mol. The van der Waals surface area contributed by atoms with Crippen LogP contribution in [-0.2, 0) is 11.3 Å². The SMILES string of the molecule is O=C(NCc1cccc(O)c1)C1Nc2ccc(F)cc2C1c1ccccc1. The normalized spacial score (nSPS) is 17.8. The van der Waals surface area contributed by atoms with Crippen LogP contribution in [0.2, 0.25) is 0 Å². The molecular weight excluding hydrogens is 343 g/mol. The van der Waals surface area contributed by atoms with Crippen LogP contribution in [0, 0.1) is 5.82 Å².